The van der Waals surface area contributed by atoms with Crippen molar-refractivity contribution in [1.82, 2.24) is 4.90 Å². The maximum atomic E-state index is 6.18. The molecule has 22 heavy (non-hydrogen) atoms. The summed E-state index contributed by atoms with van der Waals surface area (Å²) in [6, 6.07) is 13.1. The van der Waals surface area contributed by atoms with E-state index in [-0.39, 0.29) is 5.82 Å². The van der Waals surface area contributed by atoms with E-state index in [1.54, 1.807) is 19.2 Å². The van der Waals surface area contributed by atoms with E-state index in [4.69, 9.17) is 35.8 Å². The molecule has 0 aromatic heterocycles. The lowest BCUT2D eigenvalue weighted by atomic mass is 9.76. The number of nitrogens with zero attached hydrogens (tertiary/aromatic N) is 1. The van der Waals surface area contributed by atoms with Crippen LogP contribution in [0.4, 0.5) is 0 Å². The van der Waals surface area contributed by atoms with Crippen LogP contribution in [0.5, 0.6) is 5.75 Å². The van der Waals surface area contributed by atoms with Gasteiger partial charge >= 0.3 is 0 Å². The van der Waals surface area contributed by atoms with E-state index >= 15 is 0 Å². The van der Waals surface area contributed by atoms with Crippen molar-refractivity contribution in [3.63, 3.8) is 0 Å². The summed E-state index contributed by atoms with van der Waals surface area (Å²) in [5.74, 6) is 0.575. The summed E-state index contributed by atoms with van der Waals surface area (Å²) in [5, 5.41) is 1.04. The Morgan fingerprint density at radius 3 is 1.86 bits per heavy atom. The van der Waals surface area contributed by atoms with Crippen LogP contribution < -0.4 is 4.74 Å². The van der Waals surface area contributed by atoms with Crippen LogP contribution in [0, 0.1) is 0 Å². The molecule has 0 N–H and O–H groups in total. The number of methoxy groups -OCH3 is 1. The van der Waals surface area contributed by atoms with Gasteiger partial charge in [0, 0.05) is 0 Å². The Morgan fingerprint density at radius 1 is 0.909 bits per heavy atom. The molecule has 0 fully saturated rings. The van der Waals surface area contributed by atoms with Crippen LogP contribution in [0.15, 0.2) is 42.5 Å². The molecule has 0 aliphatic heterocycles. The lowest BCUT2D eigenvalue weighted by Gasteiger charge is -2.14. The molecule has 2 aromatic carbocycles. The highest BCUT2D eigenvalue weighted by Crippen LogP contribution is 2.29. The summed E-state index contributed by atoms with van der Waals surface area (Å²) in [7, 11) is 13.8. The Balaban J connectivity index is 0.000000541. The van der Waals surface area contributed by atoms with Crippen molar-refractivity contribution in [2.45, 2.75) is 5.82 Å². The van der Waals surface area contributed by atoms with Crippen molar-refractivity contribution in [1.29, 1.82) is 0 Å². The fraction of sp³-hybridized carbons (Fsp3) is 0.294. The van der Waals surface area contributed by atoms with Gasteiger partial charge in [-0.15, -0.1) is 0 Å². The van der Waals surface area contributed by atoms with Gasteiger partial charge in [-0.3, -0.25) is 0 Å². The molecule has 2 radical (unpaired) electrons. The van der Waals surface area contributed by atoms with Crippen LogP contribution in [0.25, 0.3) is 0 Å². The first-order chi connectivity index (χ1) is 10.3. The van der Waals surface area contributed by atoms with Crippen molar-refractivity contribution in [3.8, 4) is 5.75 Å². The summed E-state index contributed by atoms with van der Waals surface area (Å²) in [4.78, 5) is 2.00. The first-order valence-electron chi connectivity index (χ1n) is 6.80. The second-order valence-electron chi connectivity index (χ2n) is 5.27. The SMILES string of the molecule is CN(C)C.[B]C(c1ccc(OC)cc1)c1ccc(Cl)c(Cl)c1. The van der Waals surface area contributed by atoms with E-state index in [9.17, 15) is 0 Å². The van der Waals surface area contributed by atoms with Gasteiger partial charge in [0.2, 0.25) is 0 Å². The fourth-order valence-electron chi connectivity index (χ4n) is 1.71. The summed E-state index contributed by atoms with van der Waals surface area (Å²) in [6.45, 7) is 0. The minimum absolute atomic E-state index is 0.231. The van der Waals surface area contributed by atoms with Crippen molar-refractivity contribution in [2.24, 2.45) is 0 Å². The third-order valence-electron chi connectivity index (χ3n) is 2.78. The average molecular weight is 336 g/mol. The molecule has 2 aromatic rings. The first-order valence-corrected chi connectivity index (χ1v) is 7.56. The van der Waals surface area contributed by atoms with Gasteiger partial charge in [-0.1, -0.05) is 41.4 Å². The second-order valence-corrected chi connectivity index (χ2v) is 6.08. The lowest BCUT2D eigenvalue weighted by molar-refractivity contribution is 0.414. The highest BCUT2D eigenvalue weighted by Gasteiger charge is 2.09. The molecular formula is C17H20BCl2NO. The van der Waals surface area contributed by atoms with Gasteiger partial charge in [-0.2, -0.15) is 0 Å². The van der Waals surface area contributed by atoms with E-state index < -0.39 is 0 Å². The number of hydrogen-bond acceptors (Lipinski definition) is 2. The van der Waals surface area contributed by atoms with Gasteiger partial charge in [-0.05, 0) is 62.4 Å². The van der Waals surface area contributed by atoms with E-state index in [2.05, 4.69) is 0 Å². The third-order valence-corrected chi connectivity index (χ3v) is 3.52. The normalized spacial score (nSPS) is 11.6. The number of hydrogen-bond donors (Lipinski definition) is 0. The molecule has 0 spiro atoms. The lowest BCUT2D eigenvalue weighted by Crippen LogP contribution is -2.00. The van der Waals surface area contributed by atoms with Crippen LogP contribution >= 0.6 is 23.2 Å². The Bertz CT molecular complexity index is 585. The Labute approximate surface area is 144 Å². The summed E-state index contributed by atoms with van der Waals surface area (Å²) >= 11 is 11.9. The molecule has 0 saturated carbocycles. The van der Waals surface area contributed by atoms with Crippen LogP contribution in [0.1, 0.15) is 16.9 Å². The average Bonchev–Trinajstić information content (AvgIpc) is 2.49. The predicted molar refractivity (Wildman–Crippen MR) is 96.7 cm³/mol. The van der Waals surface area contributed by atoms with Gasteiger partial charge in [0.05, 0.1) is 25.0 Å². The maximum absolute atomic E-state index is 6.18. The molecule has 0 aliphatic rings. The molecule has 116 valence electrons. The number of rotatable bonds is 3. The summed E-state index contributed by atoms with van der Waals surface area (Å²) in [6.07, 6.45) is 0. The number of ether oxygens (including phenoxy) is 1. The molecule has 0 bridgehead atoms. The highest BCUT2D eigenvalue weighted by molar-refractivity contribution is 6.42. The molecular weight excluding hydrogens is 316 g/mol. The number of benzene rings is 2. The summed E-state index contributed by atoms with van der Waals surface area (Å²) in [5.41, 5.74) is 1.92. The van der Waals surface area contributed by atoms with E-state index in [0.29, 0.717) is 10.0 Å². The predicted octanol–water partition coefficient (Wildman–Crippen LogP) is 4.44. The highest BCUT2D eigenvalue weighted by atomic mass is 35.5. The zero-order valence-electron chi connectivity index (χ0n) is 13.3. The smallest absolute Gasteiger partial charge is 0.118 e. The Kier molecular flexibility index (Phi) is 7.81. The van der Waals surface area contributed by atoms with Gasteiger partial charge in [0.25, 0.3) is 0 Å². The monoisotopic (exact) mass is 335 g/mol. The first kappa shape index (κ1) is 18.9. The van der Waals surface area contributed by atoms with Gasteiger partial charge in [-0.25, -0.2) is 0 Å². The molecule has 5 heteroatoms. The molecule has 2 rings (SSSR count). The standard InChI is InChI=1S/C14H11BCl2O.C3H9N/c1-18-11-5-2-9(3-6-11)14(15)10-4-7-12(16)13(17)8-10;1-4(2)3/h2-8,14H,1H3;1-3H3. The van der Waals surface area contributed by atoms with Crippen molar-refractivity contribution in [3.05, 3.63) is 63.6 Å². The minimum atomic E-state index is -0.231. The fourth-order valence-corrected chi connectivity index (χ4v) is 2.02. The third kappa shape index (κ3) is 5.92. The molecule has 0 saturated heterocycles. The van der Waals surface area contributed by atoms with E-state index in [1.807, 2.05) is 56.4 Å². The zero-order chi connectivity index (χ0) is 16.7. The largest absolute Gasteiger partial charge is 0.497 e. The molecule has 0 aliphatic carbocycles. The molecule has 0 heterocycles. The zero-order valence-corrected chi connectivity index (χ0v) is 14.8. The molecule has 1 unspecified atom stereocenters. The molecule has 2 nitrogen and oxygen atoms in total. The van der Waals surface area contributed by atoms with E-state index in [0.717, 1.165) is 16.9 Å². The molecule has 0 amide bonds. The van der Waals surface area contributed by atoms with Crippen molar-refractivity contribution < 1.29 is 4.74 Å². The summed E-state index contributed by atoms with van der Waals surface area (Å²) < 4.78 is 5.11. The van der Waals surface area contributed by atoms with Crippen LogP contribution in [-0.4, -0.2) is 41.0 Å². The molecule has 1 atom stereocenters. The van der Waals surface area contributed by atoms with Gasteiger partial charge in [0.15, 0.2) is 0 Å². The van der Waals surface area contributed by atoms with Crippen molar-refractivity contribution >= 4 is 31.0 Å². The van der Waals surface area contributed by atoms with Crippen LogP contribution in [0.3, 0.4) is 0 Å². The van der Waals surface area contributed by atoms with Crippen molar-refractivity contribution in [2.75, 3.05) is 28.3 Å². The van der Waals surface area contributed by atoms with Gasteiger partial charge in [0.1, 0.15) is 5.75 Å². The minimum Gasteiger partial charge on any atom is -0.497 e. The van der Waals surface area contributed by atoms with Crippen LogP contribution in [0.2, 0.25) is 10.0 Å². The van der Waals surface area contributed by atoms with Gasteiger partial charge < -0.3 is 9.64 Å². The Morgan fingerprint density at radius 2 is 1.41 bits per heavy atom. The Hall–Kier alpha value is -1.16. The number of halogens is 2. The van der Waals surface area contributed by atoms with Crippen LogP contribution in [-0.2, 0) is 0 Å². The topological polar surface area (TPSA) is 12.5 Å². The quantitative estimate of drug-likeness (QED) is 0.769. The second kappa shape index (κ2) is 9.09. The van der Waals surface area contributed by atoms with E-state index in [1.165, 1.54) is 0 Å². The maximum Gasteiger partial charge on any atom is 0.118 e.